The molecule has 192 valence electrons. The van der Waals surface area contributed by atoms with Gasteiger partial charge in [-0.05, 0) is 90.0 Å². The first-order valence-electron chi connectivity index (χ1n) is 13.0. The summed E-state index contributed by atoms with van der Waals surface area (Å²) >= 11 is 6.27. The highest BCUT2D eigenvalue weighted by Gasteiger charge is 2.45. The molecule has 0 aliphatic carbocycles. The van der Waals surface area contributed by atoms with Crippen LogP contribution >= 0.6 is 11.6 Å². The number of aromatic nitrogens is 5. The summed E-state index contributed by atoms with van der Waals surface area (Å²) in [5.74, 6) is 2.09. The summed E-state index contributed by atoms with van der Waals surface area (Å²) in [5, 5.41) is 9.21. The van der Waals surface area contributed by atoms with Gasteiger partial charge in [-0.3, -0.25) is 14.1 Å². The van der Waals surface area contributed by atoms with Crippen molar-refractivity contribution < 1.29 is 4.79 Å². The van der Waals surface area contributed by atoms with Crippen molar-refractivity contribution in [3.8, 4) is 0 Å². The third-order valence-electron chi connectivity index (χ3n) is 7.82. The number of piperidine rings is 1. The number of pyridine rings is 1. The number of aryl methyl sites for hydroxylation is 2. The number of carbonyl (C=O) groups is 1. The standard InChI is InChI=1S/C28H32ClN7O/c1-16(2)35-25-23(30-27(35)20-10-12-33(5)13-11-20)28(37)36(24(25)19-6-8-21(29)9-7-19)22-14-17(3)26-32-31-18(4)34(26)15-22/h6-9,14-16,20,24H,10-13H2,1-5H3. The van der Waals surface area contributed by atoms with Crippen molar-refractivity contribution in [2.24, 2.45) is 0 Å². The van der Waals surface area contributed by atoms with Crippen LogP contribution in [0.25, 0.3) is 5.65 Å². The minimum Gasteiger partial charge on any atom is -0.326 e. The van der Waals surface area contributed by atoms with E-state index in [1.807, 2.05) is 59.7 Å². The normalized spacial score (nSPS) is 18.9. The molecule has 0 spiro atoms. The van der Waals surface area contributed by atoms with Gasteiger partial charge in [0, 0.05) is 23.2 Å². The number of fused-ring (bicyclic) bond motifs is 2. The fourth-order valence-electron chi connectivity index (χ4n) is 5.93. The molecular weight excluding hydrogens is 486 g/mol. The summed E-state index contributed by atoms with van der Waals surface area (Å²) in [5.41, 5.74) is 5.08. The molecular formula is C28H32ClN7O. The van der Waals surface area contributed by atoms with Gasteiger partial charge in [-0.1, -0.05) is 23.7 Å². The van der Waals surface area contributed by atoms with Gasteiger partial charge in [-0.2, -0.15) is 0 Å². The average Bonchev–Trinajstić information content (AvgIpc) is 3.52. The number of hydrogen-bond acceptors (Lipinski definition) is 5. The number of nitrogens with zero attached hydrogens (tertiary/aromatic N) is 7. The fraction of sp³-hybridized carbons (Fsp3) is 0.429. The molecule has 37 heavy (non-hydrogen) atoms. The summed E-state index contributed by atoms with van der Waals surface area (Å²) in [6, 6.07) is 9.69. The van der Waals surface area contributed by atoms with Crippen molar-refractivity contribution in [2.45, 2.75) is 58.5 Å². The van der Waals surface area contributed by atoms with E-state index < -0.39 is 0 Å². The van der Waals surface area contributed by atoms with Crippen molar-refractivity contribution in [3.05, 3.63) is 75.7 Å². The van der Waals surface area contributed by atoms with E-state index in [1.165, 1.54) is 0 Å². The van der Waals surface area contributed by atoms with Gasteiger partial charge in [0.15, 0.2) is 11.3 Å². The molecule has 2 aliphatic rings. The minimum atomic E-state index is -0.316. The number of rotatable bonds is 4. The first-order chi connectivity index (χ1) is 17.7. The molecule has 0 N–H and O–H groups in total. The van der Waals surface area contributed by atoms with Crippen LogP contribution in [-0.4, -0.2) is 55.1 Å². The zero-order valence-corrected chi connectivity index (χ0v) is 22.7. The topological polar surface area (TPSA) is 71.6 Å². The Morgan fingerprint density at radius 2 is 1.76 bits per heavy atom. The lowest BCUT2D eigenvalue weighted by molar-refractivity contribution is 0.0989. The van der Waals surface area contributed by atoms with Crippen LogP contribution in [0.2, 0.25) is 5.02 Å². The quantitative estimate of drug-likeness (QED) is 0.365. The maximum Gasteiger partial charge on any atom is 0.279 e. The second kappa shape index (κ2) is 8.96. The van der Waals surface area contributed by atoms with Crippen molar-refractivity contribution in [3.63, 3.8) is 0 Å². The van der Waals surface area contributed by atoms with E-state index in [-0.39, 0.29) is 18.0 Å². The van der Waals surface area contributed by atoms with Crippen molar-refractivity contribution in [1.29, 1.82) is 0 Å². The van der Waals surface area contributed by atoms with Crippen LogP contribution in [0.15, 0.2) is 36.5 Å². The molecule has 6 rings (SSSR count). The van der Waals surface area contributed by atoms with E-state index in [4.69, 9.17) is 16.6 Å². The van der Waals surface area contributed by atoms with Crippen LogP contribution in [0.1, 0.15) is 83.6 Å². The average molecular weight is 518 g/mol. The summed E-state index contributed by atoms with van der Waals surface area (Å²) in [6.45, 7) is 10.4. The molecule has 1 amide bonds. The van der Waals surface area contributed by atoms with Gasteiger partial charge in [-0.15, -0.1) is 10.2 Å². The van der Waals surface area contributed by atoms with Crippen LogP contribution in [0, 0.1) is 13.8 Å². The van der Waals surface area contributed by atoms with Crippen LogP contribution in [0.4, 0.5) is 5.69 Å². The zero-order chi connectivity index (χ0) is 26.0. The number of anilines is 1. The minimum absolute atomic E-state index is 0.0759. The van der Waals surface area contributed by atoms with Crippen LogP contribution in [-0.2, 0) is 0 Å². The summed E-state index contributed by atoms with van der Waals surface area (Å²) in [7, 11) is 2.17. The Morgan fingerprint density at radius 1 is 1.05 bits per heavy atom. The Labute approximate surface area is 221 Å². The van der Waals surface area contributed by atoms with E-state index >= 15 is 0 Å². The molecule has 0 bridgehead atoms. The van der Waals surface area contributed by atoms with Crippen LogP contribution in [0.5, 0.6) is 0 Å². The fourth-order valence-corrected chi connectivity index (χ4v) is 6.06. The maximum absolute atomic E-state index is 14.2. The van der Waals surface area contributed by atoms with E-state index in [2.05, 4.69) is 40.6 Å². The Morgan fingerprint density at radius 3 is 2.43 bits per heavy atom. The molecule has 0 saturated carbocycles. The van der Waals surface area contributed by atoms with Gasteiger partial charge in [-0.25, -0.2) is 4.98 Å². The third kappa shape index (κ3) is 3.85. The molecule has 0 radical (unpaired) electrons. The van der Waals surface area contributed by atoms with Crippen molar-refractivity contribution >= 4 is 28.8 Å². The highest BCUT2D eigenvalue weighted by molar-refractivity contribution is 6.30. The summed E-state index contributed by atoms with van der Waals surface area (Å²) in [6.07, 6.45) is 4.05. The number of carbonyl (C=O) groups excluding carboxylic acids is 1. The second-order valence-electron chi connectivity index (χ2n) is 10.7. The molecule has 3 aromatic heterocycles. The molecule has 1 unspecified atom stereocenters. The zero-order valence-electron chi connectivity index (χ0n) is 21.9. The predicted octanol–water partition coefficient (Wildman–Crippen LogP) is 5.34. The maximum atomic E-state index is 14.2. The number of likely N-dealkylation sites (tertiary alicyclic amines) is 1. The van der Waals surface area contributed by atoms with Crippen molar-refractivity contribution in [1.82, 2.24) is 29.0 Å². The molecule has 1 aromatic carbocycles. The molecule has 8 nitrogen and oxygen atoms in total. The number of benzene rings is 1. The molecule has 4 aromatic rings. The monoisotopic (exact) mass is 517 g/mol. The lowest BCUT2D eigenvalue weighted by atomic mass is 9.95. The first kappa shape index (κ1) is 24.1. The van der Waals surface area contributed by atoms with E-state index in [0.29, 0.717) is 16.6 Å². The number of imidazole rings is 1. The second-order valence-corrected chi connectivity index (χ2v) is 11.1. The molecule has 1 fully saturated rings. The lowest BCUT2D eigenvalue weighted by Gasteiger charge is -2.32. The molecule has 1 atom stereocenters. The third-order valence-corrected chi connectivity index (χ3v) is 8.07. The summed E-state index contributed by atoms with van der Waals surface area (Å²) < 4.78 is 4.28. The van der Waals surface area contributed by atoms with Gasteiger partial charge in [0.2, 0.25) is 0 Å². The van der Waals surface area contributed by atoms with Crippen LogP contribution < -0.4 is 4.90 Å². The largest absolute Gasteiger partial charge is 0.326 e. The summed E-state index contributed by atoms with van der Waals surface area (Å²) in [4.78, 5) is 23.6. The lowest BCUT2D eigenvalue weighted by Crippen LogP contribution is -2.33. The SMILES string of the molecule is Cc1cc(N2C(=O)c3nc(C4CCN(C)CC4)n(C(C)C)c3C2c2ccc(Cl)cc2)cn2c(C)nnc12. The Kier molecular flexibility index (Phi) is 5.84. The van der Waals surface area contributed by atoms with Gasteiger partial charge in [0.25, 0.3) is 5.91 Å². The van der Waals surface area contributed by atoms with E-state index in [1.54, 1.807) is 0 Å². The smallest absolute Gasteiger partial charge is 0.279 e. The molecule has 5 heterocycles. The molecule has 2 aliphatic heterocycles. The van der Waals surface area contributed by atoms with Crippen molar-refractivity contribution in [2.75, 3.05) is 25.0 Å². The number of hydrogen-bond donors (Lipinski definition) is 0. The van der Waals surface area contributed by atoms with Gasteiger partial charge in [0.1, 0.15) is 17.7 Å². The van der Waals surface area contributed by atoms with Gasteiger partial charge >= 0.3 is 0 Å². The highest BCUT2D eigenvalue weighted by atomic mass is 35.5. The molecule has 1 saturated heterocycles. The Hall–Kier alpha value is -3.23. The van der Waals surface area contributed by atoms with Gasteiger partial charge in [0.05, 0.1) is 11.4 Å². The van der Waals surface area contributed by atoms with E-state index in [9.17, 15) is 4.79 Å². The number of halogens is 1. The highest BCUT2D eigenvalue weighted by Crippen LogP contribution is 2.45. The Balaban J connectivity index is 1.55. The number of amides is 1. The first-order valence-corrected chi connectivity index (χ1v) is 13.3. The van der Waals surface area contributed by atoms with Gasteiger partial charge < -0.3 is 9.47 Å². The molecule has 9 heteroatoms. The van der Waals surface area contributed by atoms with E-state index in [0.717, 1.165) is 65.7 Å². The predicted molar refractivity (Wildman–Crippen MR) is 145 cm³/mol. The Bertz CT molecular complexity index is 1500. The van der Waals surface area contributed by atoms with Crippen LogP contribution in [0.3, 0.4) is 0 Å².